The molecule has 0 saturated carbocycles. The molecule has 1 aliphatic rings. The third-order valence-corrected chi connectivity index (χ3v) is 0.678. The van der Waals surface area contributed by atoms with Crippen molar-refractivity contribution in [3.05, 3.63) is 18.6 Å². The van der Waals surface area contributed by atoms with Crippen molar-refractivity contribution in [2.45, 2.75) is 6.36 Å². The van der Waals surface area contributed by atoms with Gasteiger partial charge < -0.3 is 9.57 Å². The predicted molar refractivity (Wildman–Crippen MR) is 23.7 cm³/mol. The first-order chi connectivity index (χ1) is 4.58. The predicted octanol–water partition coefficient (Wildman–Crippen LogP) is 1.06. The number of hydrogen-bond acceptors (Lipinski definition) is 3. The Morgan fingerprint density at radius 3 is 2.60 bits per heavy atom. The van der Waals surface area contributed by atoms with Crippen LogP contribution in [0.5, 0.6) is 0 Å². The lowest BCUT2D eigenvalue weighted by molar-refractivity contribution is -0.304. The van der Waals surface area contributed by atoms with Gasteiger partial charge in [-0.15, -0.1) is 18.7 Å². The summed E-state index contributed by atoms with van der Waals surface area (Å²) in [5, 5.41) is 0. The maximum absolute atomic E-state index is 11.3. The van der Waals surface area contributed by atoms with E-state index in [2.05, 4.69) is 15.1 Å². The number of hydroxylamine groups is 1. The summed E-state index contributed by atoms with van der Waals surface area (Å²) >= 11 is 0. The third-order valence-electron chi connectivity index (χ3n) is 0.678. The highest BCUT2D eigenvalue weighted by molar-refractivity contribution is 5.03. The molecular weight excluding hydrogens is 151 g/mol. The second-order valence-corrected chi connectivity index (χ2v) is 1.45. The molecule has 1 heterocycles. The van der Waals surface area contributed by atoms with Crippen LogP contribution in [0.2, 0.25) is 0 Å². The van der Waals surface area contributed by atoms with Crippen LogP contribution in [0.1, 0.15) is 0 Å². The van der Waals surface area contributed by atoms with Crippen LogP contribution in [-0.2, 0) is 9.57 Å². The van der Waals surface area contributed by atoms with Crippen LogP contribution in [0.15, 0.2) is 12.0 Å². The fourth-order valence-electron chi connectivity index (χ4n) is 0.405. The van der Waals surface area contributed by atoms with E-state index in [0.29, 0.717) is 0 Å². The van der Waals surface area contributed by atoms with Gasteiger partial charge in [-0.1, -0.05) is 0 Å². The Kier molecular flexibility index (Phi) is 1.71. The van der Waals surface area contributed by atoms with Crippen molar-refractivity contribution in [1.29, 1.82) is 0 Å². The summed E-state index contributed by atoms with van der Waals surface area (Å²) in [5.41, 5.74) is 2.05. The van der Waals surface area contributed by atoms with Crippen LogP contribution in [0.25, 0.3) is 0 Å². The first-order valence-corrected chi connectivity index (χ1v) is 2.28. The maximum atomic E-state index is 11.3. The molecule has 0 amide bonds. The van der Waals surface area contributed by atoms with Gasteiger partial charge in [-0.25, -0.2) is 0 Å². The average molecular weight is 154 g/mol. The molecule has 0 aromatic rings. The van der Waals surface area contributed by atoms with E-state index in [1.807, 2.05) is 0 Å². The normalized spacial score (nSPS) is 18.1. The van der Waals surface area contributed by atoms with Crippen LogP contribution in [0.4, 0.5) is 13.2 Å². The Labute approximate surface area is 54.4 Å². The molecule has 0 aliphatic carbocycles. The molecule has 0 aromatic heterocycles. The lowest BCUT2D eigenvalue weighted by Gasteiger charge is -2.06. The van der Waals surface area contributed by atoms with Gasteiger partial charge >= 0.3 is 6.36 Å². The van der Waals surface area contributed by atoms with Crippen LogP contribution < -0.4 is 5.48 Å². The van der Waals surface area contributed by atoms with Gasteiger partial charge in [-0.2, -0.15) is 0 Å². The molecule has 0 bridgehead atoms. The van der Waals surface area contributed by atoms with Gasteiger partial charge in [-0.05, 0) is 0 Å². The summed E-state index contributed by atoms with van der Waals surface area (Å²) in [6.07, 6.45) is -3.84. The second-order valence-electron chi connectivity index (χ2n) is 1.45. The first-order valence-electron chi connectivity index (χ1n) is 2.28. The largest absolute Gasteiger partial charge is 0.572 e. The van der Waals surface area contributed by atoms with E-state index in [-0.39, 0.29) is 0 Å². The van der Waals surface area contributed by atoms with Gasteiger partial charge in [0.25, 0.3) is 0 Å². The lowest BCUT2D eigenvalue weighted by atomic mass is 10.6. The van der Waals surface area contributed by atoms with E-state index in [0.717, 1.165) is 12.8 Å². The standard InChI is InChI=1S/C4H3F3NO2/c5-4(6,7)10-3-1-8-9-2-3/h1-2,8H. The van der Waals surface area contributed by atoms with E-state index < -0.39 is 12.1 Å². The molecule has 0 saturated heterocycles. The van der Waals surface area contributed by atoms with Crippen LogP contribution in [0, 0.1) is 6.54 Å². The summed E-state index contributed by atoms with van der Waals surface area (Å²) in [4.78, 5) is 4.21. The summed E-state index contributed by atoms with van der Waals surface area (Å²) in [5.74, 6) is -0.396. The Balaban J connectivity index is 2.38. The van der Waals surface area contributed by atoms with Gasteiger partial charge in [0.15, 0.2) is 12.0 Å². The topological polar surface area (TPSA) is 30.5 Å². The van der Waals surface area contributed by atoms with E-state index in [9.17, 15) is 13.2 Å². The highest BCUT2D eigenvalue weighted by atomic mass is 19.4. The highest BCUT2D eigenvalue weighted by Gasteiger charge is 2.33. The third kappa shape index (κ3) is 2.14. The van der Waals surface area contributed by atoms with Gasteiger partial charge in [0.05, 0.1) is 0 Å². The number of alkyl halides is 3. The zero-order valence-corrected chi connectivity index (χ0v) is 4.61. The fourth-order valence-corrected chi connectivity index (χ4v) is 0.405. The molecule has 57 valence electrons. The molecule has 0 atom stereocenters. The SMILES string of the molecule is FC(F)(F)OC1=CON[CH]1. The van der Waals surface area contributed by atoms with E-state index in [1.165, 1.54) is 0 Å². The van der Waals surface area contributed by atoms with E-state index in [1.54, 1.807) is 0 Å². The molecule has 1 N–H and O–H groups in total. The Bertz CT molecular complexity index is 153. The van der Waals surface area contributed by atoms with Gasteiger partial charge in [0, 0.05) is 0 Å². The molecule has 1 radical (unpaired) electrons. The van der Waals surface area contributed by atoms with Crippen LogP contribution >= 0.6 is 0 Å². The summed E-state index contributed by atoms with van der Waals surface area (Å²) in [6, 6.07) is 0. The summed E-state index contributed by atoms with van der Waals surface area (Å²) in [6.45, 7) is 0.952. The van der Waals surface area contributed by atoms with Crippen molar-refractivity contribution < 1.29 is 22.7 Å². The van der Waals surface area contributed by atoms with E-state index >= 15 is 0 Å². The maximum Gasteiger partial charge on any atom is 0.572 e. The molecular formula is C4H3F3NO2. The Hall–Kier alpha value is -0.910. The smallest absolute Gasteiger partial charge is 0.412 e. The van der Waals surface area contributed by atoms with Crippen molar-refractivity contribution in [2.75, 3.05) is 0 Å². The van der Waals surface area contributed by atoms with Crippen LogP contribution in [-0.4, -0.2) is 6.36 Å². The number of ether oxygens (including phenoxy) is 1. The molecule has 0 spiro atoms. The van der Waals surface area contributed by atoms with Gasteiger partial charge in [-0.3, -0.25) is 0 Å². The zero-order chi connectivity index (χ0) is 7.61. The van der Waals surface area contributed by atoms with Crippen molar-refractivity contribution in [3.8, 4) is 0 Å². The quantitative estimate of drug-likeness (QED) is 0.612. The molecule has 10 heavy (non-hydrogen) atoms. The number of nitrogens with one attached hydrogen (secondary N) is 1. The van der Waals surface area contributed by atoms with Crippen molar-refractivity contribution in [1.82, 2.24) is 5.48 Å². The first kappa shape index (κ1) is 7.20. The molecule has 1 rings (SSSR count). The van der Waals surface area contributed by atoms with Crippen molar-refractivity contribution >= 4 is 0 Å². The minimum atomic E-state index is -4.66. The molecule has 0 unspecified atom stereocenters. The average Bonchev–Trinajstić information content (AvgIpc) is 2.12. The minimum Gasteiger partial charge on any atom is -0.412 e. The summed E-state index contributed by atoms with van der Waals surface area (Å²) < 4.78 is 37.4. The Morgan fingerprint density at radius 1 is 1.50 bits per heavy atom. The van der Waals surface area contributed by atoms with Gasteiger partial charge in [0.1, 0.15) is 6.54 Å². The van der Waals surface area contributed by atoms with Gasteiger partial charge in [0.2, 0.25) is 0 Å². The monoisotopic (exact) mass is 154 g/mol. The zero-order valence-electron chi connectivity index (χ0n) is 4.61. The Morgan fingerprint density at radius 2 is 2.20 bits per heavy atom. The van der Waals surface area contributed by atoms with Crippen molar-refractivity contribution in [3.63, 3.8) is 0 Å². The van der Waals surface area contributed by atoms with Crippen LogP contribution in [0.3, 0.4) is 0 Å². The number of hydrogen-bond donors (Lipinski definition) is 1. The molecule has 3 nitrogen and oxygen atoms in total. The lowest BCUT2D eigenvalue weighted by Crippen LogP contribution is -2.13. The molecule has 0 fully saturated rings. The van der Waals surface area contributed by atoms with E-state index in [4.69, 9.17) is 0 Å². The summed E-state index contributed by atoms with van der Waals surface area (Å²) in [7, 11) is 0. The van der Waals surface area contributed by atoms with Crippen molar-refractivity contribution in [2.24, 2.45) is 0 Å². The minimum absolute atomic E-state index is 0.396. The fraction of sp³-hybridized carbons (Fsp3) is 0.250. The number of halogens is 3. The molecule has 6 heteroatoms. The second kappa shape index (κ2) is 2.37. The molecule has 1 aliphatic heterocycles. The highest BCUT2D eigenvalue weighted by Crippen LogP contribution is 2.22. The number of rotatable bonds is 1. The molecule has 0 aromatic carbocycles.